The average Bonchev–Trinajstić information content (AvgIpc) is 3.20. The summed E-state index contributed by atoms with van der Waals surface area (Å²) in [5.41, 5.74) is 2.72. The Hall–Kier alpha value is -4.01. The van der Waals surface area contributed by atoms with Crippen molar-refractivity contribution in [3.05, 3.63) is 65.4 Å². The van der Waals surface area contributed by atoms with Gasteiger partial charge in [-0.25, -0.2) is 9.59 Å². The van der Waals surface area contributed by atoms with Gasteiger partial charge in [-0.2, -0.15) is 0 Å². The standard InChI is InChI=1S/C27H31N3O6/c1-27(2,3)36-26(34)30-15-22-19(18-7-5-6-8-20(18)28-22)14-23(30)24(32)29-21(25(33)35-4)13-16-9-11-17(31)12-10-16/h5-12,21,23,28,31H,13-15H2,1-4H3,(H,29,32)/t21-,23-/m0/s1. The molecule has 2 atom stereocenters. The molecule has 36 heavy (non-hydrogen) atoms. The van der Waals surface area contributed by atoms with E-state index in [1.807, 2.05) is 24.3 Å². The van der Waals surface area contributed by atoms with Gasteiger partial charge in [0.25, 0.3) is 0 Å². The molecule has 1 aliphatic heterocycles. The summed E-state index contributed by atoms with van der Waals surface area (Å²) in [7, 11) is 1.25. The number of amides is 2. The third-order valence-corrected chi connectivity index (χ3v) is 6.11. The van der Waals surface area contributed by atoms with Crippen molar-refractivity contribution in [1.82, 2.24) is 15.2 Å². The molecule has 0 fully saturated rings. The number of phenols is 1. The maximum absolute atomic E-state index is 13.6. The first-order valence-electron chi connectivity index (χ1n) is 11.8. The van der Waals surface area contributed by atoms with Crippen LogP contribution in [0.2, 0.25) is 0 Å². The van der Waals surface area contributed by atoms with E-state index >= 15 is 0 Å². The number of H-pyrrole nitrogens is 1. The minimum absolute atomic E-state index is 0.0992. The van der Waals surface area contributed by atoms with Gasteiger partial charge in [0, 0.05) is 29.4 Å². The Morgan fingerprint density at radius 1 is 1.14 bits per heavy atom. The number of aromatic nitrogens is 1. The van der Waals surface area contributed by atoms with Crippen molar-refractivity contribution in [3.63, 3.8) is 0 Å². The molecule has 2 heterocycles. The van der Waals surface area contributed by atoms with Crippen molar-refractivity contribution in [1.29, 1.82) is 0 Å². The average molecular weight is 494 g/mol. The van der Waals surface area contributed by atoms with E-state index in [-0.39, 0.29) is 25.1 Å². The first kappa shape index (κ1) is 25.1. The van der Waals surface area contributed by atoms with Gasteiger partial charge in [0.2, 0.25) is 5.91 Å². The van der Waals surface area contributed by atoms with E-state index in [2.05, 4.69) is 10.3 Å². The van der Waals surface area contributed by atoms with Gasteiger partial charge in [-0.05, 0) is 50.1 Å². The monoisotopic (exact) mass is 493 g/mol. The molecule has 3 N–H and O–H groups in total. The second kappa shape index (κ2) is 9.93. The zero-order valence-electron chi connectivity index (χ0n) is 20.8. The van der Waals surface area contributed by atoms with Gasteiger partial charge >= 0.3 is 12.1 Å². The van der Waals surface area contributed by atoms with E-state index in [0.717, 1.165) is 27.7 Å². The summed E-state index contributed by atoms with van der Waals surface area (Å²) in [6.45, 7) is 5.47. The number of carbonyl (C=O) groups excluding carboxylic acids is 3. The molecule has 0 spiro atoms. The van der Waals surface area contributed by atoms with Crippen molar-refractivity contribution < 1.29 is 29.0 Å². The van der Waals surface area contributed by atoms with Crippen molar-refractivity contribution in [3.8, 4) is 5.75 Å². The van der Waals surface area contributed by atoms with Crippen LogP contribution in [0.15, 0.2) is 48.5 Å². The van der Waals surface area contributed by atoms with Crippen LogP contribution < -0.4 is 5.32 Å². The lowest BCUT2D eigenvalue weighted by Crippen LogP contribution is -2.56. The summed E-state index contributed by atoms with van der Waals surface area (Å²) in [5.74, 6) is -0.989. The molecule has 1 aliphatic rings. The van der Waals surface area contributed by atoms with Gasteiger partial charge in [0.05, 0.1) is 13.7 Å². The Kier molecular flexibility index (Phi) is 6.92. The molecule has 0 saturated carbocycles. The summed E-state index contributed by atoms with van der Waals surface area (Å²) >= 11 is 0. The third kappa shape index (κ3) is 5.45. The molecule has 190 valence electrons. The number of aromatic amines is 1. The molecule has 0 radical (unpaired) electrons. The van der Waals surface area contributed by atoms with Crippen LogP contribution >= 0.6 is 0 Å². The molecule has 9 heteroatoms. The Labute approximate surface area is 209 Å². The van der Waals surface area contributed by atoms with Gasteiger partial charge in [-0.3, -0.25) is 9.69 Å². The maximum atomic E-state index is 13.6. The number of para-hydroxylation sites is 1. The highest BCUT2D eigenvalue weighted by molar-refractivity contribution is 5.92. The maximum Gasteiger partial charge on any atom is 0.411 e. The number of nitrogens with one attached hydrogen (secondary N) is 2. The van der Waals surface area contributed by atoms with Crippen molar-refractivity contribution >= 4 is 28.9 Å². The number of hydrogen-bond donors (Lipinski definition) is 3. The molecule has 4 rings (SSSR count). The Morgan fingerprint density at radius 2 is 1.83 bits per heavy atom. The first-order valence-corrected chi connectivity index (χ1v) is 11.8. The van der Waals surface area contributed by atoms with Crippen LogP contribution in [-0.2, 0) is 38.4 Å². The fourth-order valence-electron chi connectivity index (χ4n) is 4.43. The zero-order chi connectivity index (χ0) is 26.0. The quantitative estimate of drug-likeness (QED) is 0.468. The lowest BCUT2D eigenvalue weighted by Gasteiger charge is -2.36. The van der Waals surface area contributed by atoms with Crippen LogP contribution in [0, 0.1) is 0 Å². The predicted molar refractivity (Wildman–Crippen MR) is 133 cm³/mol. The molecule has 1 aromatic heterocycles. The highest BCUT2D eigenvalue weighted by atomic mass is 16.6. The third-order valence-electron chi connectivity index (χ3n) is 6.11. The summed E-state index contributed by atoms with van der Waals surface area (Å²) in [6.07, 6.45) is -0.187. The molecule has 3 aromatic rings. The van der Waals surface area contributed by atoms with Crippen LogP contribution in [0.5, 0.6) is 5.75 Å². The largest absolute Gasteiger partial charge is 0.508 e. The molecule has 2 aromatic carbocycles. The molecular formula is C27H31N3O6. The second-order valence-corrected chi connectivity index (χ2v) is 9.91. The Bertz CT molecular complexity index is 1270. The summed E-state index contributed by atoms with van der Waals surface area (Å²) in [4.78, 5) is 44.0. The SMILES string of the molecule is COC(=O)[C@H](Cc1ccc(O)cc1)NC(=O)[C@@H]1Cc2c([nH]c3ccccc23)CN1C(=O)OC(C)(C)C. The van der Waals surface area contributed by atoms with E-state index in [9.17, 15) is 19.5 Å². The van der Waals surface area contributed by atoms with Crippen molar-refractivity contribution in [2.45, 2.75) is 57.8 Å². The van der Waals surface area contributed by atoms with Gasteiger partial charge in [-0.15, -0.1) is 0 Å². The van der Waals surface area contributed by atoms with E-state index in [4.69, 9.17) is 9.47 Å². The van der Waals surface area contributed by atoms with Crippen molar-refractivity contribution in [2.24, 2.45) is 0 Å². The fourth-order valence-corrected chi connectivity index (χ4v) is 4.43. The van der Waals surface area contributed by atoms with E-state index in [1.54, 1.807) is 32.9 Å². The Morgan fingerprint density at radius 3 is 2.50 bits per heavy atom. The minimum Gasteiger partial charge on any atom is -0.508 e. The Balaban J connectivity index is 1.63. The summed E-state index contributed by atoms with van der Waals surface area (Å²) < 4.78 is 10.5. The van der Waals surface area contributed by atoms with Crippen LogP contribution in [0.4, 0.5) is 4.79 Å². The molecule has 0 saturated heterocycles. The van der Waals surface area contributed by atoms with E-state index in [1.165, 1.54) is 24.1 Å². The molecule has 0 unspecified atom stereocenters. The zero-order valence-corrected chi connectivity index (χ0v) is 20.8. The van der Waals surface area contributed by atoms with Crippen LogP contribution in [0.3, 0.4) is 0 Å². The van der Waals surface area contributed by atoms with Crippen LogP contribution in [0.1, 0.15) is 37.6 Å². The van der Waals surface area contributed by atoms with E-state index < -0.39 is 35.7 Å². The summed E-state index contributed by atoms with van der Waals surface area (Å²) in [6, 6.07) is 12.3. The lowest BCUT2D eigenvalue weighted by molar-refractivity contribution is -0.145. The smallest absolute Gasteiger partial charge is 0.411 e. The van der Waals surface area contributed by atoms with Gasteiger partial charge in [0.15, 0.2) is 0 Å². The number of phenolic OH excluding ortho intramolecular Hbond substituents is 1. The first-order chi connectivity index (χ1) is 17.1. The number of benzene rings is 2. The van der Waals surface area contributed by atoms with Gasteiger partial charge in [-0.1, -0.05) is 30.3 Å². The number of hydrogen-bond acceptors (Lipinski definition) is 6. The molecule has 9 nitrogen and oxygen atoms in total. The minimum atomic E-state index is -0.975. The number of fused-ring (bicyclic) bond motifs is 3. The number of ether oxygens (including phenoxy) is 2. The molecular weight excluding hydrogens is 462 g/mol. The number of aromatic hydroxyl groups is 1. The topological polar surface area (TPSA) is 121 Å². The second-order valence-electron chi connectivity index (χ2n) is 9.91. The number of esters is 1. The number of carbonyl (C=O) groups is 3. The highest BCUT2D eigenvalue weighted by Crippen LogP contribution is 2.31. The molecule has 2 amide bonds. The van der Waals surface area contributed by atoms with Crippen LogP contribution in [0.25, 0.3) is 10.9 Å². The molecule has 0 aliphatic carbocycles. The molecule has 0 bridgehead atoms. The fraction of sp³-hybridized carbons (Fsp3) is 0.370. The number of methoxy groups -OCH3 is 1. The van der Waals surface area contributed by atoms with E-state index in [0.29, 0.717) is 0 Å². The van der Waals surface area contributed by atoms with Gasteiger partial charge < -0.3 is 24.9 Å². The number of nitrogens with zero attached hydrogens (tertiary/aromatic N) is 1. The summed E-state index contributed by atoms with van der Waals surface area (Å²) in [5, 5.41) is 13.3. The van der Waals surface area contributed by atoms with Gasteiger partial charge in [0.1, 0.15) is 23.4 Å². The number of rotatable bonds is 5. The highest BCUT2D eigenvalue weighted by Gasteiger charge is 2.39. The lowest BCUT2D eigenvalue weighted by atomic mass is 9.95. The van der Waals surface area contributed by atoms with Crippen molar-refractivity contribution in [2.75, 3.05) is 7.11 Å². The van der Waals surface area contributed by atoms with Crippen LogP contribution in [-0.4, -0.2) is 57.8 Å². The normalized spacial score (nSPS) is 16.2. The predicted octanol–water partition coefficient (Wildman–Crippen LogP) is 3.44.